The molecule has 108 valence electrons. The molecule has 2 amide bonds. The minimum Gasteiger partial charge on any atom is -0.508 e. The number of nitrogens with zero attached hydrogens (tertiary/aromatic N) is 1. The Balaban J connectivity index is 2.20. The second-order valence-electron chi connectivity index (χ2n) is 5.57. The lowest BCUT2D eigenvalue weighted by atomic mass is 9.89. The minimum atomic E-state index is -0.533. The van der Waals surface area contributed by atoms with E-state index in [4.69, 9.17) is 0 Å². The summed E-state index contributed by atoms with van der Waals surface area (Å²) in [5.41, 5.74) is 0.534. The number of aromatic hydroxyl groups is 1. The van der Waals surface area contributed by atoms with Crippen molar-refractivity contribution in [2.45, 2.75) is 20.3 Å². The summed E-state index contributed by atoms with van der Waals surface area (Å²) >= 11 is 0. The number of phenolic OH excluding ortho intramolecular Hbond substituents is 1. The summed E-state index contributed by atoms with van der Waals surface area (Å²) in [5, 5.41) is 12.3. The number of hydrogen-bond donors (Lipinski definition) is 2. The van der Waals surface area contributed by atoms with Gasteiger partial charge < -0.3 is 15.3 Å². The highest BCUT2D eigenvalue weighted by atomic mass is 16.3. The van der Waals surface area contributed by atoms with E-state index >= 15 is 0 Å². The van der Waals surface area contributed by atoms with Gasteiger partial charge in [0.1, 0.15) is 5.75 Å². The fraction of sp³-hybridized carbons (Fsp3) is 0.467. The number of rotatable bonds is 2. The standard InChI is InChI=1S/C15H20N2O3/c1-10-11(5-4-6-12(10)18)13(19)17-8-7-15(2,9-17)14(20)16-3/h4-6,18H,7-9H2,1-3H3,(H,16,20). The predicted octanol–water partition coefficient (Wildman–Crippen LogP) is 1.30. The first-order valence-corrected chi connectivity index (χ1v) is 6.69. The second-order valence-corrected chi connectivity index (χ2v) is 5.57. The topological polar surface area (TPSA) is 69.6 Å². The minimum absolute atomic E-state index is 0.0413. The first kappa shape index (κ1) is 14.4. The lowest BCUT2D eigenvalue weighted by molar-refractivity contribution is -0.128. The Morgan fingerprint density at radius 3 is 2.75 bits per heavy atom. The molecule has 1 aliphatic rings. The Morgan fingerprint density at radius 1 is 1.40 bits per heavy atom. The van der Waals surface area contributed by atoms with Crippen molar-refractivity contribution >= 4 is 11.8 Å². The van der Waals surface area contributed by atoms with Crippen molar-refractivity contribution in [2.75, 3.05) is 20.1 Å². The summed E-state index contributed by atoms with van der Waals surface area (Å²) < 4.78 is 0. The summed E-state index contributed by atoms with van der Waals surface area (Å²) in [5.74, 6) is -0.0597. The van der Waals surface area contributed by atoms with Gasteiger partial charge in [-0.3, -0.25) is 9.59 Å². The molecule has 1 aliphatic heterocycles. The molecule has 5 heteroatoms. The van der Waals surface area contributed by atoms with E-state index in [-0.39, 0.29) is 17.6 Å². The number of carbonyl (C=O) groups excluding carboxylic acids is 2. The van der Waals surface area contributed by atoms with E-state index in [0.717, 1.165) is 0 Å². The van der Waals surface area contributed by atoms with Crippen molar-refractivity contribution in [3.05, 3.63) is 29.3 Å². The average molecular weight is 276 g/mol. The van der Waals surface area contributed by atoms with E-state index in [2.05, 4.69) is 5.32 Å². The molecule has 0 aliphatic carbocycles. The van der Waals surface area contributed by atoms with Gasteiger partial charge in [0.15, 0.2) is 0 Å². The molecule has 0 bridgehead atoms. The quantitative estimate of drug-likeness (QED) is 0.855. The van der Waals surface area contributed by atoms with Gasteiger partial charge in [0.05, 0.1) is 5.41 Å². The third-order valence-electron chi connectivity index (χ3n) is 4.07. The van der Waals surface area contributed by atoms with E-state index in [1.807, 2.05) is 6.92 Å². The van der Waals surface area contributed by atoms with E-state index in [1.54, 1.807) is 37.1 Å². The molecule has 0 radical (unpaired) electrons. The van der Waals surface area contributed by atoms with Crippen molar-refractivity contribution in [1.82, 2.24) is 10.2 Å². The molecular weight excluding hydrogens is 256 g/mol. The molecule has 2 N–H and O–H groups in total. The Hall–Kier alpha value is -2.04. The van der Waals surface area contributed by atoms with Crippen molar-refractivity contribution in [3.63, 3.8) is 0 Å². The summed E-state index contributed by atoms with van der Waals surface area (Å²) in [4.78, 5) is 26.1. The molecule has 1 saturated heterocycles. The van der Waals surface area contributed by atoms with Gasteiger partial charge in [0.25, 0.3) is 5.91 Å². The molecule has 2 rings (SSSR count). The maximum Gasteiger partial charge on any atom is 0.254 e. The molecule has 1 fully saturated rings. The smallest absolute Gasteiger partial charge is 0.254 e. The number of hydrogen-bond acceptors (Lipinski definition) is 3. The van der Waals surface area contributed by atoms with Crippen LogP contribution in [-0.4, -0.2) is 42.0 Å². The molecule has 20 heavy (non-hydrogen) atoms. The van der Waals surface area contributed by atoms with E-state index < -0.39 is 5.41 Å². The first-order valence-electron chi connectivity index (χ1n) is 6.69. The van der Waals surface area contributed by atoms with Gasteiger partial charge in [-0.2, -0.15) is 0 Å². The molecule has 5 nitrogen and oxygen atoms in total. The zero-order chi connectivity index (χ0) is 14.9. The molecule has 0 spiro atoms. The third kappa shape index (κ3) is 2.35. The molecule has 1 aromatic rings. The van der Waals surface area contributed by atoms with Gasteiger partial charge in [0.2, 0.25) is 5.91 Å². The molecule has 1 aromatic carbocycles. The van der Waals surface area contributed by atoms with Crippen molar-refractivity contribution < 1.29 is 14.7 Å². The van der Waals surface area contributed by atoms with E-state index in [1.165, 1.54) is 0 Å². The van der Waals surface area contributed by atoms with E-state index in [0.29, 0.717) is 30.6 Å². The Kier molecular flexibility index (Phi) is 3.70. The van der Waals surface area contributed by atoms with Crippen LogP contribution in [0.15, 0.2) is 18.2 Å². The predicted molar refractivity (Wildman–Crippen MR) is 75.5 cm³/mol. The fourth-order valence-corrected chi connectivity index (χ4v) is 2.65. The van der Waals surface area contributed by atoms with Crippen LogP contribution >= 0.6 is 0 Å². The molecular formula is C15H20N2O3. The molecule has 1 unspecified atom stereocenters. The SMILES string of the molecule is CNC(=O)C1(C)CCN(C(=O)c2cccc(O)c2C)C1. The van der Waals surface area contributed by atoms with Crippen LogP contribution in [0.4, 0.5) is 0 Å². The average Bonchev–Trinajstić information content (AvgIpc) is 2.84. The van der Waals surface area contributed by atoms with Crippen LogP contribution in [0.25, 0.3) is 0 Å². The third-order valence-corrected chi connectivity index (χ3v) is 4.07. The van der Waals surface area contributed by atoms with Crippen LogP contribution in [0.1, 0.15) is 29.3 Å². The van der Waals surface area contributed by atoms with Crippen LogP contribution < -0.4 is 5.32 Å². The molecule has 0 saturated carbocycles. The van der Waals surface area contributed by atoms with Gasteiger partial charge in [0, 0.05) is 31.3 Å². The molecule has 0 aromatic heterocycles. The van der Waals surface area contributed by atoms with Crippen LogP contribution in [0.3, 0.4) is 0 Å². The van der Waals surface area contributed by atoms with Crippen molar-refractivity contribution in [3.8, 4) is 5.75 Å². The van der Waals surface area contributed by atoms with Crippen LogP contribution in [-0.2, 0) is 4.79 Å². The van der Waals surface area contributed by atoms with Gasteiger partial charge in [-0.1, -0.05) is 6.07 Å². The maximum absolute atomic E-state index is 12.5. The number of phenols is 1. The number of likely N-dealkylation sites (tertiary alicyclic amines) is 1. The van der Waals surface area contributed by atoms with Gasteiger partial charge in [-0.15, -0.1) is 0 Å². The first-order chi connectivity index (χ1) is 9.39. The number of amides is 2. The van der Waals surface area contributed by atoms with Crippen LogP contribution in [0.5, 0.6) is 5.75 Å². The summed E-state index contributed by atoms with van der Waals surface area (Å²) in [6.45, 7) is 4.55. The largest absolute Gasteiger partial charge is 0.508 e. The lowest BCUT2D eigenvalue weighted by Crippen LogP contribution is -2.40. The zero-order valence-electron chi connectivity index (χ0n) is 12.1. The second kappa shape index (κ2) is 5.15. The maximum atomic E-state index is 12.5. The zero-order valence-corrected chi connectivity index (χ0v) is 12.1. The van der Waals surface area contributed by atoms with Crippen molar-refractivity contribution in [1.29, 1.82) is 0 Å². The highest BCUT2D eigenvalue weighted by Crippen LogP contribution is 2.32. The van der Waals surface area contributed by atoms with E-state index in [9.17, 15) is 14.7 Å². The molecule has 1 heterocycles. The highest BCUT2D eigenvalue weighted by Gasteiger charge is 2.41. The monoisotopic (exact) mass is 276 g/mol. The van der Waals surface area contributed by atoms with Crippen LogP contribution in [0, 0.1) is 12.3 Å². The number of benzene rings is 1. The van der Waals surface area contributed by atoms with Gasteiger partial charge >= 0.3 is 0 Å². The van der Waals surface area contributed by atoms with Crippen LogP contribution in [0.2, 0.25) is 0 Å². The number of nitrogens with one attached hydrogen (secondary N) is 1. The number of carbonyl (C=O) groups is 2. The Bertz CT molecular complexity index is 556. The summed E-state index contributed by atoms with van der Waals surface area (Å²) in [6.07, 6.45) is 0.649. The Labute approximate surface area is 118 Å². The summed E-state index contributed by atoms with van der Waals surface area (Å²) in [7, 11) is 1.61. The van der Waals surface area contributed by atoms with Gasteiger partial charge in [-0.05, 0) is 32.4 Å². The highest BCUT2D eigenvalue weighted by molar-refractivity contribution is 5.97. The van der Waals surface area contributed by atoms with Gasteiger partial charge in [-0.25, -0.2) is 0 Å². The lowest BCUT2D eigenvalue weighted by Gasteiger charge is -2.23. The Morgan fingerprint density at radius 2 is 2.10 bits per heavy atom. The molecule has 1 atom stereocenters. The summed E-state index contributed by atoms with van der Waals surface area (Å²) in [6, 6.07) is 4.92. The van der Waals surface area contributed by atoms with Crippen molar-refractivity contribution in [2.24, 2.45) is 5.41 Å². The fourth-order valence-electron chi connectivity index (χ4n) is 2.65. The normalized spacial score (nSPS) is 21.9.